The number of rotatable bonds is 3. The van der Waals surface area contributed by atoms with E-state index in [0.717, 1.165) is 51.8 Å². The summed E-state index contributed by atoms with van der Waals surface area (Å²) in [5.41, 5.74) is 4.03. The van der Waals surface area contributed by atoms with Crippen molar-refractivity contribution >= 4 is 22.9 Å². The van der Waals surface area contributed by atoms with Crippen molar-refractivity contribution in [1.82, 2.24) is 10.3 Å². The molecule has 1 aliphatic rings. The van der Waals surface area contributed by atoms with Crippen LogP contribution in [0.5, 0.6) is 0 Å². The molecule has 110 valence electrons. The molecule has 0 unspecified atom stereocenters. The lowest BCUT2D eigenvalue weighted by Crippen LogP contribution is -2.25. The van der Waals surface area contributed by atoms with Gasteiger partial charge in [-0.3, -0.25) is 4.79 Å². The summed E-state index contributed by atoms with van der Waals surface area (Å²) >= 11 is 1.64. The van der Waals surface area contributed by atoms with E-state index in [1.807, 2.05) is 32.0 Å². The summed E-state index contributed by atoms with van der Waals surface area (Å²) in [6, 6.07) is 5.89. The quantitative estimate of drug-likeness (QED) is 0.916. The molecular weight excluding hydrogens is 282 g/mol. The second kappa shape index (κ2) is 5.85. The molecule has 1 aromatic carbocycles. The Hall–Kier alpha value is -1.88. The van der Waals surface area contributed by atoms with E-state index >= 15 is 0 Å². The highest BCUT2D eigenvalue weighted by Crippen LogP contribution is 2.25. The van der Waals surface area contributed by atoms with Crippen LogP contribution in [0.15, 0.2) is 18.2 Å². The zero-order valence-electron chi connectivity index (χ0n) is 12.3. The molecule has 5 heteroatoms. The highest BCUT2D eigenvalue weighted by Gasteiger charge is 2.17. The molecular formula is C16H19N3OS. The average Bonchev–Trinajstić information content (AvgIpc) is 2.82. The number of carbonyl (C=O) groups excluding carboxylic acids is 1. The summed E-state index contributed by atoms with van der Waals surface area (Å²) in [5.74, 6) is 0.000929. The Kier molecular flexibility index (Phi) is 3.92. The third kappa shape index (κ3) is 2.93. The molecule has 0 saturated heterocycles. The molecule has 1 amide bonds. The van der Waals surface area contributed by atoms with Gasteiger partial charge in [0.2, 0.25) is 0 Å². The number of nitrogens with one attached hydrogen (secondary N) is 2. The van der Waals surface area contributed by atoms with Crippen molar-refractivity contribution in [2.75, 3.05) is 11.9 Å². The maximum Gasteiger partial charge on any atom is 0.251 e. The Morgan fingerprint density at radius 1 is 1.43 bits per heavy atom. The summed E-state index contributed by atoms with van der Waals surface area (Å²) < 4.78 is 0. The Bertz CT molecular complexity index is 678. The van der Waals surface area contributed by atoms with E-state index in [2.05, 4.69) is 15.6 Å². The third-order valence-electron chi connectivity index (χ3n) is 3.75. The van der Waals surface area contributed by atoms with Crippen LogP contribution >= 0.6 is 11.3 Å². The fraction of sp³-hybridized carbons (Fsp3) is 0.375. The fourth-order valence-corrected chi connectivity index (χ4v) is 3.59. The van der Waals surface area contributed by atoms with Gasteiger partial charge in [-0.15, -0.1) is 11.3 Å². The first-order valence-corrected chi connectivity index (χ1v) is 8.03. The molecule has 2 heterocycles. The van der Waals surface area contributed by atoms with Crippen LogP contribution in [-0.2, 0) is 13.0 Å². The molecule has 0 spiro atoms. The molecule has 1 aliphatic heterocycles. The van der Waals surface area contributed by atoms with Crippen molar-refractivity contribution < 1.29 is 4.79 Å². The summed E-state index contributed by atoms with van der Waals surface area (Å²) in [6.07, 6.45) is 2.04. The van der Waals surface area contributed by atoms with Crippen LogP contribution < -0.4 is 10.6 Å². The van der Waals surface area contributed by atoms with Gasteiger partial charge in [-0.25, -0.2) is 4.98 Å². The zero-order valence-corrected chi connectivity index (χ0v) is 13.1. The monoisotopic (exact) mass is 301 g/mol. The maximum atomic E-state index is 12.5. The van der Waals surface area contributed by atoms with Crippen LogP contribution in [0, 0.1) is 13.8 Å². The van der Waals surface area contributed by atoms with Crippen LogP contribution in [0.25, 0.3) is 0 Å². The lowest BCUT2D eigenvalue weighted by molar-refractivity contribution is 0.0950. The zero-order chi connectivity index (χ0) is 14.8. The fourth-order valence-electron chi connectivity index (χ4n) is 2.72. The summed E-state index contributed by atoms with van der Waals surface area (Å²) in [4.78, 5) is 18.0. The van der Waals surface area contributed by atoms with Gasteiger partial charge in [0.15, 0.2) is 0 Å². The number of aryl methyl sites for hydroxylation is 2. The summed E-state index contributed by atoms with van der Waals surface area (Å²) in [7, 11) is 0. The Labute approximate surface area is 128 Å². The molecule has 0 fully saturated rings. The standard InChI is InChI=1S/C16H19N3OS/c1-10-15(21-11(2)19-10)9-18-16(20)13-5-3-7-14-12(13)6-4-8-17-14/h3,5,7,17H,4,6,8-9H2,1-2H3,(H,18,20). The van der Waals surface area contributed by atoms with E-state index < -0.39 is 0 Å². The van der Waals surface area contributed by atoms with Gasteiger partial charge in [0.05, 0.1) is 17.2 Å². The number of aromatic nitrogens is 1. The number of carbonyl (C=O) groups is 1. The highest BCUT2D eigenvalue weighted by atomic mass is 32.1. The first kappa shape index (κ1) is 14.1. The van der Waals surface area contributed by atoms with Gasteiger partial charge in [-0.2, -0.15) is 0 Å². The van der Waals surface area contributed by atoms with Crippen molar-refractivity contribution in [2.45, 2.75) is 33.2 Å². The Morgan fingerprint density at radius 2 is 2.29 bits per heavy atom. The van der Waals surface area contributed by atoms with E-state index in [-0.39, 0.29) is 5.91 Å². The number of nitrogens with zero attached hydrogens (tertiary/aromatic N) is 1. The number of fused-ring (bicyclic) bond motifs is 1. The van der Waals surface area contributed by atoms with Gasteiger partial charge in [0.25, 0.3) is 5.91 Å². The van der Waals surface area contributed by atoms with Crippen molar-refractivity contribution in [3.05, 3.63) is 44.9 Å². The number of benzene rings is 1. The molecule has 3 rings (SSSR count). The van der Waals surface area contributed by atoms with Crippen LogP contribution in [-0.4, -0.2) is 17.4 Å². The number of thiazole rings is 1. The minimum absolute atomic E-state index is 0.000929. The van der Waals surface area contributed by atoms with Gasteiger partial charge in [0, 0.05) is 22.7 Å². The first-order chi connectivity index (χ1) is 10.1. The lowest BCUT2D eigenvalue weighted by atomic mass is 9.97. The topological polar surface area (TPSA) is 54.0 Å². The van der Waals surface area contributed by atoms with Gasteiger partial charge < -0.3 is 10.6 Å². The summed E-state index contributed by atoms with van der Waals surface area (Å²) in [6.45, 7) is 5.51. The highest BCUT2D eigenvalue weighted by molar-refractivity contribution is 7.11. The first-order valence-electron chi connectivity index (χ1n) is 7.22. The Balaban J connectivity index is 1.75. The molecule has 2 N–H and O–H groups in total. The van der Waals surface area contributed by atoms with Gasteiger partial charge >= 0.3 is 0 Å². The van der Waals surface area contributed by atoms with Crippen molar-refractivity contribution in [3.63, 3.8) is 0 Å². The van der Waals surface area contributed by atoms with Gasteiger partial charge in [-0.05, 0) is 44.4 Å². The van der Waals surface area contributed by atoms with E-state index in [1.54, 1.807) is 11.3 Å². The normalized spacial score (nSPS) is 13.4. The number of hydrogen-bond donors (Lipinski definition) is 2. The molecule has 2 aromatic rings. The van der Waals surface area contributed by atoms with Gasteiger partial charge in [-0.1, -0.05) is 6.07 Å². The summed E-state index contributed by atoms with van der Waals surface area (Å²) in [5, 5.41) is 7.42. The molecule has 0 bridgehead atoms. The van der Waals surface area contributed by atoms with Crippen LogP contribution in [0.4, 0.5) is 5.69 Å². The average molecular weight is 301 g/mol. The lowest BCUT2D eigenvalue weighted by Gasteiger charge is -2.20. The van der Waals surface area contributed by atoms with Crippen LogP contribution in [0.1, 0.15) is 37.9 Å². The number of hydrogen-bond acceptors (Lipinski definition) is 4. The molecule has 0 radical (unpaired) electrons. The van der Waals surface area contributed by atoms with E-state index in [1.165, 1.54) is 0 Å². The smallest absolute Gasteiger partial charge is 0.251 e. The maximum absolute atomic E-state index is 12.5. The van der Waals surface area contributed by atoms with Crippen molar-refractivity contribution in [1.29, 1.82) is 0 Å². The predicted octanol–water partition coefficient (Wildman–Crippen LogP) is 3.05. The molecule has 4 nitrogen and oxygen atoms in total. The molecule has 1 aromatic heterocycles. The SMILES string of the molecule is Cc1nc(C)c(CNC(=O)c2cccc3c2CCCN3)s1. The largest absolute Gasteiger partial charge is 0.385 e. The third-order valence-corrected chi connectivity index (χ3v) is 4.82. The predicted molar refractivity (Wildman–Crippen MR) is 86.0 cm³/mol. The molecule has 21 heavy (non-hydrogen) atoms. The van der Waals surface area contributed by atoms with Crippen molar-refractivity contribution in [2.24, 2.45) is 0 Å². The minimum atomic E-state index is 0.000929. The van der Waals surface area contributed by atoms with Gasteiger partial charge in [0.1, 0.15) is 0 Å². The number of amides is 1. The molecule has 0 aliphatic carbocycles. The van der Waals surface area contributed by atoms with Crippen LogP contribution in [0.3, 0.4) is 0 Å². The minimum Gasteiger partial charge on any atom is -0.385 e. The molecule has 0 atom stereocenters. The van der Waals surface area contributed by atoms with Crippen molar-refractivity contribution in [3.8, 4) is 0 Å². The second-order valence-electron chi connectivity index (χ2n) is 5.29. The number of anilines is 1. The van der Waals surface area contributed by atoms with Crippen LogP contribution in [0.2, 0.25) is 0 Å². The van der Waals surface area contributed by atoms with E-state index in [9.17, 15) is 4.79 Å². The molecule has 0 saturated carbocycles. The van der Waals surface area contributed by atoms with E-state index in [0.29, 0.717) is 6.54 Å². The second-order valence-corrected chi connectivity index (χ2v) is 6.57. The van der Waals surface area contributed by atoms with E-state index in [4.69, 9.17) is 0 Å². The Morgan fingerprint density at radius 3 is 3.05 bits per heavy atom.